The first-order valence-electron chi connectivity index (χ1n) is 9.32. The van der Waals surface area contributed by atoms with Gasteiger partial charge in [0.05, 0.1) is 5.56 Å². The minimum atomic E-state index is -0.206. The number of hydrogen-bond acceptors (Lipinski definition) is 7. The Bertz CT molecular complexity index is 963. The van der Waals surface area contributed by atoms with Crippen LogP contribution in [0.25, 0.3) is 11.3 Å². The van der Waals surface area contributed by atoms with Gasteiger partial charge in [-0.2, -0.15) is 0 Å². The van der Waals surface area contributed by atoms with E-state index in [2.05, 4.69) is 25.7 Å². The van der Waals surface area contributed by atoms with Crippen LogP contribution in [-0.2, 0) is 13.0 Å². The highest BCUT2D eigenvalue weighted by molar-refractivity contribution is 5.92. The average Bonchev–Trinajstić information content (AvgIpc) is 3.44. The molecule has 0 bridgehead atoms. The molecule has 0 saturated heterocycles. The van der Waals surface area contributed by atoms with Gasteiger partial charge >= 0.3 is 0 Å². The number of aromatic nitrogens is 4. The minimum absolute atomic E-state index is 0.206. The van der Waals surface area contributed by atoms with E-state index in [9.17, 15) is 4.79 Å². The fourth-order valence-corrected chi connectivity index (χ4v) is 2.76. The first kappa shape index (κ1) is 18.1. The molecular weight excluding hydrogens is 358 g/mol. The standard InChI is InChI=1S/C20H21N5O3/c1-3-17-15(19(25-28-17)13-5-4-12(2)21-10-13)11-27-18-9-8-16(23-24-18)20(26)22-14-6-7-14/h4-5,8-10,14H,3,6-7,11H2,1-2H3,(H,22,26). The summed E-state index contributed by atoms with van der Waals surface area (Å²) in [5.41, 5.74) is 3.64. The monoisotopic (exact) mass is 379 g/mol. The number of nitrogens with zero attached hydrogens (tertiary/aromatic N) is 4. The van der Waals surface area contributed by atoms with Crippen LogP contribution in [0.3, 0.4) is 0 Å². The molecule has 0 radical (unpaired) electrons. The largest absolute Gasteiger partial charge is 0.472 e. The lowest BCUT2D eigenvalue weighted by Gasteiger charge is -2.07. The summed E-state index contributed by atoms with van der Waals surface area (Å²) in [4.78, 5) is 16.3. The average molecular weight is 379 g/mol. The van der Waals surface area contributed by atoms with E-state index in [1.807, 2.05) is 26.0 Å². The van der Waals surface area contributed by atoms with Gasteiger partial charge in [0, 0.05) is 36.0 Å². The number of aryl methyl sites for hydroxylation is 2. The maximum Gasteiger partial charge on any atom is 0.272 e. The number of rotatable bonds is 7. The van der Waals surface area contributed by atoms with Gasteiger partial charge in [-0.1, -0.05) is 12.1 Å². The van der Waals surface area contributed by atoms with E-state index in [-0.39, 0.29) is 24.2 Å². The zero-order valence-electron chi connectivity index (χ0n) is 15.8. The normalized spacial score (nSPS) is 13.4. The van der Waals surface area contributed by atoms with E-state index in [0.717, 1.165) is 35.4 Å². The SMILES string of the molecule is CCc1onc(-c2ccc(C)nc2)c1COc1ccc(C(=O)NC2CC2)nn1. The summed E-state index contributed by atoms with van der Waals surface area (Å²) in [6.07, 6.45) is 4.51. The molecule has 1 saturated carbocycles. The highest BCUT2D eigenvalue weighted by Crippen LogP contribution is 2.27. The maximum absolute atomic E-state index is 12.0. The number of hydrogen-bond donors (Lipinski definition) is 1. The van der Waals surface area contributed by atoms with Gasteiger partial charge in [-0.25, -0.2) is 0 Å². The van der Waals surface area contributed by atoms with Crippen molar-refractivity contribution in [3.05, 3.63) is 53.2 Å². The van der Waals surface area contributed by atoms with Crippen LogP contribution in [0.15, 0.2) is 35.0 Å². The van der Waals surface area contributed by atoms with Crippen LogP contribution >= 0.6 is 0 Å². The molecule has 1 amide bonds. The van der Waals surface area contributed by atoms with Crippen LogP contribution in [0, 0.1) is 6.92 Å². The minimum Gasteiger partial charge on any atom is -0.472 e. The van der Waals surface area contributed by atoms with Crippen LogP contribution in [0.2, 0.25) is 0 Å². The van der Waals surface area contributed by atoms with Crippen molar-refractivity contribution in [1.82, 2.24) is 25.7 Å². The second kappa shape index (κ2) is 7.75. The van der Waals surface area contributed by atoms with Gasteiger partial charge in [0.2, 0.25) is 5.88 Å². The van der Waals surface area contributed by atoms with Gasteiger partial charge in [0.25, 0.3) is 5.91 Å². The van der Waals surface area contributed by atoms with Gasteiger partial charge in [-0.3, -0.25) is 9.78 Å². The molecule has 0 aliphatic heterocycles. The van der Waals surface area contributed by atoms with E-state index in [0.29, 0.717) is 18.0 Å². The predicted molar refractivity (Wildman–Crippen MR) is 101 cm³/mol. The Hall–Kier alpha value is -3.29. The lowest BCUT2D eigenvalue weighted by Crippen LogP contribution is -2.26. The van der Waals surface area contributed by atoms with Crippen LogP contribution in [0.1, 0.15) is 47.3 Å². The van der Waals surface area contributed by atoms with Gasteiger partial charge in [0.1, 0.15) is 18.1 Å². The zero-order chi connectivity index (χ0) is 19.5. The number of carbonyl (C=O) groups is 1. The van der Waals surface area contributed by atoms with Crippen molar-refractivity contribution < 1.29 is 14.1 Å². The van der Waals surface area contributed by atoms with E-state index in [1.165, 1.54) is 0 Å². The topological polar surface area (TPSA) is 103 Å². The fraction of sp³-hybridized carbons (Fsp3) is 0.350. The summed E-state index contributed by atoms with van der Waals surface area (Å²) in [6.45, 7) is 4.16. The molecule has 1 fully saturated rings. The lowest BCUT2D eigenvalue weighted by atomic mass is 10.1. The molecule has 144 valence electrons. The Labute approximate surface area is 162 Å². The maximum atomic E-state index is 12.0. The first-order valence-corrected chi connectivity index (χ1v) is 9.32. The molecule has 1 aliphatic rings. The van der Waals surface area contributed by atoms with Gasteiger partial charge in [-0.15, -0.1) is 10.2 Å². The Morgan fingerprint density at radius 3 is 2.75 bits per heavy atom. The van der Waals surface area contributed by atoms with E-state index in [4.69, 9.17) is 9.26 Å². The molecule has 8 nitrogen and oxygen atoms in total. The highest BCUT2D eigenvalue weighted by Gasteiger charge is 2.24. The van der Waals surface area contributed by atoms with Gasteiger partial charge in [-0.05, 0) is 38.0 Å². The summed E-state index contributed by atoms with van der Waals surface area (Å²) >= 11 is 0. The van der Waals surface area contributed by atoms with Gasteiger partial charge in [0.15, 0.2) is 5.69 Å². The van der Waals surface area contributed by atoms with E-state index < -0.39 is 0 Å². The highest BCUT2D eigenvalue weighted by atomic mass is 16.5. The second-order valence-corrected chi connectivity index (χ2v) is 6.77. The molecule has 3 aromatic rings. The third kappa shape index (κ3) is 4.00. The van der Waals surface area contributed by atoms with Crippen molar-refractivity contribution in [2.75, 3.05) is 0 Å². The van der Waals surface area contributed by atoms with Crippen molar-refractivity contribution in [2.24, 2.45) is 0 Å². The summed E-state index contributed by atoms with van der Waals surface area (Å²) < 4.78 is 11.2. The smallest absolute Gasteiger partial charge is 0.272 e. The fourth-order valence-electron chi connectivity index (χ4n) is 2.76. The molecule has 3 aromatic heterocycles. The van der Waals surface area contributed by atoms with Gasteiger partial charge < -0.3 is 14.6 Å². The lowest BCUT2D eigenvalue weighted by molar-refractivity contribution is 0.0944. The molecule has 28 heavy (non-hydrogen) atoms. The summed E-state index contributed by atoms with van der Waals surface area (Å²) in [5, 5.41) is 15.0. The number of amides is 1. The molecular formula is C20H21N5O3. The molecule has 1 aliphatic carbocycles. The number of pyridine rings is 1. The van der Waals surface area contributed by atoms with Crippen LogP contribution in [0.4, 0.5) is 0 Å². The van der Waals surface area contributed by atoms with Crippen LogP contribution in [-0.4, -0.2) is 32.3 Å². The quantitative estimate of drug-likeness (QED) is 0.673. The Morgan fingerprint density at radius 2 is 2.11 bits per heavy atom. The Kier molecular flexibility index (Phi) is 5.01. The van der Waals surface area contributed by atoms with Crippen LogP contribution < -0.4 is 10.1 Å². The predicted octanol–water partition coefficient (Wildman–Crippen LogP) is 2.87. The third-order valence-corrected chi connectivity index (χ3v) is 4.53. The number of nitrogens with one attached hydrogen (secondary N) is 1. The molecule has 0 unspecified atom stereocenters. The first-order chi connectivity index (χ1) is 13.6. The third-order valence-electron chi connectivity index (χ3n) is 4.53. The molecule has 4 rings (SSSR count). The van der Waals surface area contributed by atoms with E-state index in [1.54, 1.807) is 18.3 Å². The summed E-state index contributed by atoms with van der Waals surface area (Å²) in [6, 6.07) is 7.41. The van der Waals surface area contributed by atoms with Crippen LogP contribution in [0.5, 0.6) is 5.88 Å². The molecule has 3 heterocycles. The molecule has 0 spiro atoms. The molecule has 0 atom stereocenters. The molecule has 8 heteroatoms. The van der Waals surface area contributed by atoms with Crippen molar-refractivity contribution in [2.45, 2.75) is 45.8 Å². The molecule has 0 aromatic carbocycles. The van der Waals surface area contributed by atoms with E-state index >= 15 is 0 Å². The van der Waals surface area contributed by atoms with Crippen molar-refractivity contribution in [3.8, 4) is 17.1 Å². The van der Waals surface area contributed by atoms with Crippen molar-refractivity contribution in [3.63, 3.8) is 0 Å². The zero-order valence-corrected chi connectivity index (χ0v) is 15.8. The van der Waals surface area contributed by atoms with Crippen molar-refractivity contribution >= 4 is 5.91 Å². The van der Waals surface area contributed by atoms with Crippen molar-refractivity contribution in [1.29, 1.82) is 0 Å². The molecule has 1 N–H and O–H groups in total. The number of ether oxygens (including phenoxy) is 1. The summed E-state index contributed by atoms with van der Waals surface area (Å²) in [5.74, 6) is 0.881. The number of carbonyl (C=O) groups excluding carboxylic acids is 1. The Balaban J connectivity index is 1.47. The summed E-state index contributed by atoms with van der Waals surface area (Å²) in [7, 11) is 0. The second-order valence-electron chi connectivity index (χ2n) is 6.77. The Morgan fingerprint density at radius 1 is 1.25 bits per heavy atom.